The van der Waals surface area contributed by atoms with E-state index in [1.807, 2.05) is 6.92 Å². The summed E-state index contributed by atoms with van der Waals surface area (Å²) in [6.07, 6.45) is 5.75. The lowest BCUT2D eigenvalue weighted by atomic mass is 9.80. The molecule has 6 nitrogen and oxygen atoms in total. The van der Waals surface area contributed by atoms with E-state index in [1.54, 1.807) is 4.90 Å². The van der Waals surface area contributed by atoms with Crippen molar-refractivity contribution in [3.05, 3.63) is 0 Å². The van der Waals surface area contributed by atoms with Crippen LogP contribution in [0.3, 0.4) is 0 Å². The molecule has 0 aromatic carbocycles. The average Bonchev–Trinajstić information content (AvgIpc) is 2.72. The van der Waals surface area contributed by atoms with Gasteiger partial charge in [0.05, 0.1) is 5.41 Å². The second kappa shape index (κ2) is 8.87. The third-order valence-electron chi connectivity index (χ3n) is 4.35. The maximum absolute atomic E-state index is 12.1. The van der Waals surface area contributed by atoms with Gasteiger partial charge in [-0.1, -0.05) is 25.7 Å². The molecule has 0 radical (unpaired) electrons. The highest BCUT2D eigenvalue weighted by atomic mass is 16.4. The Labute approximate surface area is 126 Å². The van der Waals surface area contributed by atoms with Crippen molar-refractivity contribution in [2.75, 3.05) is 26.2 Å². The number of carbonyl (C=O) groups excluding carboxylic acids is 1. The first-order valence-electron chi connectivity index (χ1n) is 7.93. The minimum Gasteiger partial charge on any atom is -0.481 e. The number of aliphatic hydroxyl groups is 1. The molecule has 1 saturated carbocycles. The Hall–Kier alpha value is -1.30. The molecular weight excluding hydrogens is 272 g/mol. The lowest BCUT2D eigenvalue weighted by molar-refractivity contribution is -0.149. The highest BCUT2D eigenvalue weighted by molar-refractivity contribution is 5.78. The molecular formula is C15H28N2O4. The summed E-state index contributed by atoms with van der Waals surface area (Å²) in [6, 6.07) is -0.240. The summed E-state index contributed by atoms with van der Waals surface area (Å²) in [7, 11) is 0. The van der Waals surface area contributed by atoms with Crippen LogP contribution in [-0.2, 0) is 4.79 Å². The Morgan fingerprint density at radius 3 is 2.29 bits per heavy atom. The predicted molar refractivity (Wildman–Crippen MR) is 80.1 cm³/mol. The van der Waals surface area contributed by atoms with E-state index in [4.69, 9.17) is 5.11 Å². The van der Waals surface area contributed by atoms with Gasteiger partial charge in [-0.25, -0.2) is 4.79 Å². The van der Waals surface area contributed by atoms with Crippen LogP contribution in [0, 0.1) is 5.41 Å². The zero-order valence-corrected chi connectivity index (χ0v) is 12.9. The summed E-state index contributed by atoms with van der Waals surface area (Å²) in [5, 5.41) is 21.2. The molecule has 0 aliphatic heterocycles. The van der Waals surface area contributed by atoms with E-state index >= 15 is 0 Å². The quantitative estimate of drug-likeness (QED) is 0.626. The number of urea groups is 1. The molecule has 0 aromatic rings. The molecule has 0 unspecified atom stereocenters. The highest BCUT2D eigenvalue weighted by Crippen LogP contribution is 2.34. The van der Waals surface area contributed by atoms with Crippen molar-refractivity contribution < 1.29 is 19.8 Å². The number of carboxylic acids is 1. The minimum atomic E-state index is -0.817. The summed E-state index contributed by atoms with van der Waals surface area (Å²) in [4.78, 5) is 25.4. The monoisotopic (exact) mass is 300 g/mol. The van der Waals surface area contributed by atoms with Crippen molar-refractivity contribution in [3.8, 4) is 0 Å². The van der Waals surface area contributed by atoms with Crippen LogP contribution in [0.5, 0.6) is 0 Å². The van der Waals surface area contributed by atoms with Gasteiger partial charge in [0.1, 0.15) is 0 Å². The van der Waals surface area contributed by atoms with Crippen molar-refractivity contribution in [2.45, 2.75) is 51.9 Å². The molecule has 21 heavy (non-hydrogen) atoms. The Kier molecular flexibility index (Phi) is 7.50. The van der Waals surface area contributed by atoms with Gasteiger partial charge in [-0.2, -0.15) is 0 Å². The van der Waals surface area contributed by atoms with Crippen molar-refractivity contribution in [1.82, 2.24) is 10.2 Å². The topological polar surface area (TPSA) is 89.9 Å². The SMILES string of the molecule is CCN(CCCO)C(=O)NCC1(C(=O)O)CCCCCC1. The van der Waals surface area contributed by atoms with Gasteiger partial charge < -0.3 is 20.4 Å². The first kappa shape index (κ1) is 17.8. The van der Waals surface area contributed by atoms with Gasteiger partial charge >= 0.3 is 12.0 Å². The summed E-state index contributed by atoms with van der Waals surface area (Å²) in [5.74, 6) is -0.803. The van der Waals surface area contributed by atoms with Gasteiger partial charge in [0.25, 0.3) is 0 Å². The Bertz CT molecular complexity index is 339. The normalized spacial score (nSPS) is 17.8. The maximum Gasteiger partial charge on any atom is 0.317 e. The number of aliphatic hydroxyl groups excluding tert-OH is 1. The van der Waals surface area contributed by atoms with Gasteiger partial charge in [0.15, 0.2) is 0 Å². The third kappa shape index (κ3) is 5.19. The number of nitrogens with one attached hydrogen (secondary N) is 1. The summed E-state index contributed by atoms with van der Waals surface area (Å²) < 4.78 is 0. The average molecular weight is 300 g/mol. The summed E-state index contributed by atoms with van der Waals surface area (Å²) in [6.45, 7) is 3.14. The standard InChI is InChI=1S/C15H28N2O4/c1-2-17(10-7-11-18)14(21)16-12-15(13(19)20)8-5-3-4-6-9-15/h18H,2-12H2,1H3,(H,16,21)(H,19,20). The minimum absolute atomic E-state index is 0.0445. The van der Waals surface area contributed by atoms with E-state index in [1.165, 1.54) is 0 Å². The van der Waals surface area contributed by atoms with Crippen LogP contribution >= 0.6 is 0 Å². The van der Waals surface area contributed by atoms with Crippen molar-refractivity contribution >= 4 is 12.0 Å². The first-order chi connectivity index (χ1) is 10.1. The molecule has 6 heteroatoms. The molecule has 0 aromatic heterocycles. The molecule has 1 aliphatic carbocycles. The van der Waals surface area contributed by atoms with Crippen LogP contribution in [0.1, 0.15) is 51.9 Å². The molecule has 0 heterocycles. The van der Waals surface area contributed by atoms with Gasteiger partial charge in [0, 0.05) is 26.2 Å². The largest absolute Gasteiger partial charge is 0.481 e. The Balaban J connectivity index is 2.59. The summed E-state index contributed by atoms with van der Waals surface area (Å²) in [5.41, 5.74) is -0.817. The number of hydrogen-bond acceptors (Lipinski definition) is 3. The zero-order chi connectivity index (χ0) is 15.7. The number of aliphatic carboxylic acids is 1. The highest BCUT2D eigenvalue weighted by Gasteiger charge is 2.39. The number of carbonyl (C=O) groups is 2. The molecule has 0 saturated heterocycles. The summed E-state index contributed by atoms with van der Waals surface area (Å²) >= 11 is 0. The van der Waals surface area contributed by atoms with E-state index in [0.717, 1.165) is 25.7 Å². The molecule has 1 aliphatic rings. The molecule has 122 valence electrons. The third-order valence-corrected chi connectivity index (χ3v) is 4.35. The van der Waals surface area contributed by atoms with Gasteiger partial charge in [-0.3, -0.25) is 4.79 Å². The fraction of sp³-hybridized carbons (Fsp3) is 0.867. The molecule has 2 amide bonds. The van der Waals surface area contributed by atoms with E-state index in [2.05, 4.69) is 5.32 Å². The fourth-order valence-corrected chi connectivity index (χ4v) is 2.89. The fourth-order valence-electron chi connectivity index (χ4n) is 2.89. The number of rotatable bonds is 7. The van der Waals surface area contributed by atoms with E-state index in [-0.39, 0.29) is 19.2 Å². The van der Waals surface area contributed by atoms with E-state index < -0.39 is 11.4 Å². The number of amides is 2. The van der Waals surface area contributed by atoms with Crippen LogP contribution in [0.15, 0.2) is 0 Å². The first-order valence-corrected chi connectivity index (χ1v) is 7.93. The molecule has 1 rings (SSSR count). The van der Waals surface area contributed by atoms with Gasteiger partial charge in [0.2, 0.25) is 0 Å². The molecule has 1 fully saturated rings. The number of carboxylic acid groups (broad SMARTS) is 1. The molecule has 0 bridgehead atoms. The smallest absolute Gasteiger partial charge is 0.317 e. The molecule has 0 atom stereocenters. The second-order valence-electron chi connectivity index (χ2n) is 5.82. The lowest BCUT2D eigenvalue weighted by Crippen LogP contribution is -2.47. The van der Waals surface area contributed by atoms with Crippen LogP contribution in [0.2, 0.25) is 0 Å². The van der Waals surface area contributed by atoms with Crippen LogP contribution < -0.4 is 5.32 Å². The van der Waals surface area contributed by atoms with Crippen molar-refractivity contribution in [3.63, 3.8) is 0 Å². The Morgan fingerprint density at radius 2 is 1.81 bits per heavy atom. The van der Waals surface area contributed by atoms with Crippen LogP contribution in [-0.4, -0.2) is 53.4 Å². The maximum atomic E-state index is 12.1. The van der Waals surface area contributed by atoms with Crippen LogP contribution in [0.25, 0.3) is 0 Å². The predicted octanol–water partition coefficient (Wildman–Crippen LogP) is 1.83. The molecule has 3 N–H and O–H groups in total. The van der Waals surface area contributed by atoms with E-state index in [9.17, 15) is 14.7 Å². The lowest BCUT2D eigenvalue weighted by Gasteiger charge is -2.30. The van der Waals surface area contributed by atoms with E-state index in [0.29, 0.717) is 32.4 Å². The zero-order valence-electron chi connectivity index (χ0n) is 12.9. The number of nitrogens with zero attached hydrogens (tertiary/aromatic N) is 1. The second-order valence-corrected chi connectivity index (χ2v) is 5.82. The Morgan fingerprint density at radius 1 is 1.19 bits per heavy atom. The number of hydrogen-bond donors (Lipinski definition) is 3. The van der Waals surface area contributed by atoms with Crippen LogP contribution in [0.4, 0.5) is 4.79 Å². The van der Waals surface area contributed by atoms with Gasteiger partial charge in [-0.05, 0) is 26.2 Å². The van der Waals surface area contributed by atoms with Gasteiger partial charge in [-0.15, -0.1) is 0 Å². The van der Waals surface area contributed by atoms with Crippen molar-refractivity contribution in [1.29, 1.82) is 0 Å². The van der Waals surface area contributed by atoms with Crippen molar-refractivity contribution in [2.24, 2.45) is 5.41 Å². The molecule has 0 spiro atoms.